The average Bonchev–Trinajstić information content (AvgIpc) is 2.09. The van der Waals surface area contributed by atoms with Crippen molar-refractivity contribution < 1.29 is 0 Å². The van der Waals surface area contributed by atoms with Crippen LogP contribution in [0.5, 0.6) is 0 Å². The first kappa shape index (κ1) is 8.50. The predicted molar refractivity (Wildman–Crippen MR) is 45.7 cm³/mol. The van der Waals surface area contributed by atoms with E-state index in [1.54, 1.807) is 0 Å². The van der Waals surface area contributed by atoms with Crippen molar-refractivity contribution >= 4 is 0 Å². The number of nitrogens with one attached hydrogen (secondary N) is 2. The van der Waals surface area contributed by atoms with Crippen LogP contribution in [-0.4, -0.2) is 23.6 Å². The van der Waals surface area contributed by atoms with Crippen molar-refractivity contribution in [2.75, 3.05) is 13.6 Å². The maximum atomic E-state index is 10.6. The van der Waals surface area contributed by atoms with Crippen molar-refractivity contribution in [2.45, 2.75) is 0 Å². The van der Waals surface area contributed by atoms with E-state index in [9.17, 15) is 4.79 Å². The van der Waals surface area contributed by atoms with Gasteiger partial charge in [0.05, 0.1) is 12.7 Å². The van der Waals surface area contributed by atoms with Gasteiger partial charge in [-0.1, -0.05) is 5.92 Å². The summed E-state index contributed by atoms with van der Waals surface area (Å²) in [6.45, 7) is 0.612. The second-order valence-electron chi connectivity index (χ2n) is 2.13. The third kappa shape index (κ3) is 2.56. The van der Waals surface area contributed by atoms with Crippen molar-refractivity contribution in [3.05, 3.63) is 28.4 Å². The summed E-state index contributed by atoms with van der Waals surface area (Å²) in [5.41, 5.74) is 0.360. The molecule has 62 valence electrons. The summed E-state index contributed by atoms with van der Waals surface area (Å²) in [5, 5.41) is 2.88. The summed E-state index contributed by atoms with van der Waals surface area (Å²) in [6.07, 6.45) is 2.70. The van der Waals surface area contributed by atoms with Gasteiger partial charge < -0.3 is 10.3 Å². The van der Waals surface area contributed by atoms with Crippen LogP contribution in [0.3, 0.4) is 0 Å². The van der Waals surface area contributed by atoms with Crippen LogP contribution in [0.15, 0.2) is 17.2 Å². The Labute approximate surface area is 70.0 Å². The summed E-state index contributed by atoms with van der Waals surface area (Å²) < 4.78 is 0. The summed E-state index contributed by atoms with van der Waals surface area (Å²) in [4.78, 5) is 16.9. The Bertz CT molecular complexity index is 338. The molecule has 4 heteroatoms. The van der Waals surface area contributed by atoms with E-state index >= 15 is 0 Å². The summed E-state index contributed by atoms with van der Waals surface area (Å²) >= 11 is 0. The summed E-state index contributed by atoms with van der Waals surface area (Å²) in [7, 11) is 1.81. The molecule has 1 rings (SSSR count). The minimum Gasteiger partial charge on any atom is -0.325 e. The van der Waals surface area contributed by atoms with E-state index in [2.05, 4.69) is 27.1 Å². The third-order valence-corrected chi connectivity index (χ3v) is 1.15. The molecule has 4 nitrogen and oxygen atoms in total. The number of aromatic nitrogens is 2. The lowest BCUT2D eigenvalue weighted by Gasteiger charge is -1.86. The lowest BCUT2D eigenvalue weighted by atomic mass is 10.4. The number of rotatable bonds is 1. The lowest BCUT2D eigenvalue weighted by Crippen LogP contribution is -2.06. The maximum absolute atomic E-state index is 10.6. The molecule has 0 radical (unpaired) electrons. The molecular weight excluding hydrogens is 154 g/mol. The molecule has 0 aromatic carbocycles. The molecule has 0 spiro atoms. The van der Waals surface area contributed by atoms with E-state index < -0.39 is 0 Å². The fraction of sp³-hybridized carbons (Fsp3) is 0.250. The van der Waals surface area contributed by atoms with E-state index in [0.717, 1.165) is 0 Å². The molecule has 0 atom stereocenters. The first-order chi connectivity index (χ1) is 5.83. The molecule has 0 fully saturated rings. The molecule has 1 heterocycles. The zero-order chi connectivity index (χ0) is 8.81. The van der Waals surface area contributed by atoms with Crippen molar-refractivity contribution in [3.63, 3.8) is 0 Å². The van der Waals surface area contributed by atoms with Gasteiger partial charge in [0.25, 0.3) is 5.56 Å². The zero-order valence-electron chi connectivity index (χ0n) is 6.72. The molecule has 0 aliphatic rings. The predicted octanol–water partition coefficient (Wildman–Crippen LogP) is -0.659. The molecule has 0 saturated carbocycles. The Morgan fingerprint density at radius 3 is 3.17 bits per heavy atom. The third-order valence-electron chi connectivity index (χ3n) is 1.15. The van der Waals surface area contributed by atoms with Gasteiger partial charge >= 0.3 is 0 Å². The first-order valence-corrected chi connectivity index (χ1v) is 3.51. The van der Waals surface area contributed by atoms with E-state index in [0.29, 0.717) is 12.2 Å². The lowest BCUT2D eigenvalue weighted by molar-refractivity contribution is 0.937. The van der Waals surface area contributed by atoms with Gasteiger partial charge in [-0.2, -0.15) is 0 Å². The summed E-state index contributed by atoms with van der Waals surface area (Å²) in [6, 6.07) is 0. The minimum absolute atomic E-state index is 0.214. The Morgan fingerprint density at radius 1 is 1.75 bits per heavy atom. The second kappa shape index (κ2) is 4.31. The van der Waals surface area contributed by atoms with Crippen molar-refractivity contribution in [1.29, 1.82) is 0 Å². The number of hydrogen-bond donors (Lipinski definition) is 2. The van der Waals surface area contributed by atoms with Gasteiger partial charge in [0.15, 0.2) is 0 Å². The highest BCUT2D eigenvalue weighted by Crippen LogP contribution is 1.80. The van der Waals surface area contributed by atoms with Crippen LogP contribution in [0, 0.1) is 11.8 Å². The molecule has 12 heavy (non-hydrogen) atoms. The number of nitrogens with zero attached hydrogens (tertiary/aromatic N) is 1. The molecule has 1 aromatic heterocycles. The first-order valence-electron chi connectivity index (χ1n) is 3.51. The van der Waals surface area contributed by atoms with Crippen LogP contribution in [-0.2, 0) is 0 Å². The molecule has 0 saturated heterocycles. The van der Waals surface area contributed by atoms with Crippen LogP contribution >= 0.6 is 0 Å². The highest BCUT2D eigenvalue weighted by atomic mass is 16.1. The molecule has 2 N–H and O–H groups in total. The highest BCUT2D eigenvalue weighted by Gasteiger charge is 1.85. The van der Waals surface area contributed by atoms with Gasteiger partial charge in [0.1, 0.15) is 5.69 Å². The fourth-order valence-electron chi connectivity index (χ4n) is 0.634. The van der Waals surface area contributed by atoms with Gasteiger partial charge in [-0.15, -0.1) is 0 Å². The molecule has 0 aliphatic carbocycles. The number of hydrogen-bond acceptors (Lipinski definition) is 3. The smallest absolute Gasteiger partial charge is 0.266 e. The quantitative estimate of drug-likeness (QED) is 0.540. The SMILES string of the molecule is CNCC#Cc1c[nH]c(=O)cn1. The van der Waals surface area contributed by atoms with Crippen LogP contribution in [0.1, 0.15) is 5.69 Å². The Hall–Kier alpha value is -1.60. The number of H-pyrrole nitrogens is 1. The van der Waals surface area contributed by atoms with Crippen molar-refractivity contribution in [2.24, 2.45) is 0 Å². The van der Waals surface area contributed by atoms with E-state index in [4.69, 9.17) is 0 Å². The monoisotopic (exact) mass is 163 g/mol. The maximum Gasteiger partial charge on any atom is 0.266 e. The van der Waals surface area contributed by atoms with E-state index in [1.807, 2.05) is 7.05 Å². The van der Waals surface area contributed by atoms with Gasteiger partial charge in [-0.25, -0.2) is 4.98 Å². The fourth-order valence-corrected chi connectivity index (χ4v) is 0.634. The van der Waals surface area contributed by atoms with Crippen LogP contribution in [0.4, 0.5) is 0 Å². The van der Waals surface area contributed by atoms with Crippen LogP contribution < -0.4 is 10.9 Å². The molecule has 0 amide bonds. The molecular formula is C8H9N3O. The van der Waals surface area contributed by atoms with Crippen molar-refractivity contribution in [3.8, 4) is 11.8 Å². The molecule has 1 aromatic rings. The zero-order valence-corrected chi connectivity index (χ0v) is 6.72. The Kier molecular flexibility index (Phi) is 3.05. The van der Waals surface area contributed by atoms with Gasteiger partial charge in [-0.3, -0.25) is 4.79 Å². The van der Waals surface area contributed by atoms with Crippen LogP contribution in [0.25, 0.3) is 0 Å². The Balaban J connectivity index is 2.72. The molecule has 0 bridgehead atoms. The van der Waals surface area contributed by atoms with Gasteiger partial charge in [0, 0.05) is 6.20 Å². The number of aromatic amines is 1. The standard InChI is InChI=1S/C8H9N3O/c1-9-4-2-3-7-5-11-8(12)6-10-7/h5-6,9H,4H2,1H3,(H,11,12). The highest BCUT2D eigenvalue weighted by molar-refractivity contribution is 5.24. The average molecular weight is 163 g/mol. The minimum atomic E-state index is -0.214. The molecule has 0 unspecified atom stereocenters. The molecule has 0 aliphatic heterocycles. The second-order valence-corrected chi connectivity index (χ2v) is 2.13. The Morgan fingerprint density at radius 2 is 2.58 bits per heavy atom. The van der Waals surface area contributed by atoms with Crippen molar-refractivity contribution in [1.82, 2.24) is 15.3 Å². The topological polar surface area (TPSA) is 57.8 Å². The van der Waals surface area contributed by atoms with E-state index in [1.165, 1.54) is 12.4 Å². The van der Waals surface area contributed by atoms with Gasteiger partial charge in [-0.05, 0) is 13.0 Å². The normalized spacial score (nSPS) is 8.75. The largest absolute Gasteiger partial charge is 0.325 e. The van der Waals surface area contributed by atoms with E-state index in [-0.39, 0.29) is 5.56 Å². The van der Waals surface area contributed by atoms with Crippen LogP contribution in [0.2, 0.25) is 0 Å². The van der Waals surface area contributed by atoms with Gasteiger partial charge in [0.2, 0.25) is 0 Å². The summed E-state index contributed by atoms with van der Waals surface area (Å²) in [5.74, 6) is 5.60.